The van der Waals surface area contributed by atoms with Crippen LogP contribution in [0.5, 0.6) is 0 Å². The number of likely N-dealkylation sites (N-methyl/N-ethyl adjacent to an activating group) is 2. The molecule has 8 heteroatoms. The summed E-state index contributed by atoms with van der Waals surface area (Å²) in [5.74, 6) is -0.187. The van der Waals surface area contributed by atoms with Crippen molar-refractivity contribution >= 4 is 27.5 Å². The second-order valence-corrected chi connectivity index (χ2v) is 9.56. The molecule has 0 radical (unpaired) electrons. The zero-order valence-electron chi connectivity index (χ0n) is 15.9. The van der Waals surface area contributed by atoms with Crippen LogP contribution in [0.25, 0.3) is 0 Å². The Balaban J connectivity index is 1.97. The third kappa shape index (κ3) is 4.97. The highest BCUT2D eigenvalue weighted by molar-refractivity contribution is 7.89. The number of sulfonamides is 1. The Morgan fingerprint density at radius 3 is 2.23 bits per heavy atom. The van der Waals surface area contributed by atoms with E-state index in [1.165, 1.54) is 31.3 Å². The number of piperidine rings is 1. The van der Waals surface area contributed by atoms with Crippen LogP contribution in [0, 0.1) is 0 Å². The lowest BCUT2D eigenvalue weighted by Crippen LogP contribution is -2.49. The normalized spacial score (nSPS) is 17.0. The molecule has 2 rings (SSSR count). The number of hydrogen-bond donors (Lipinski definition) is 0. The molecular formula is C18H28ClN3O3S. The Hall–Kier alpha value is -1.15. The van der Waals surface area contributed by atoms with E-state index < -0.39 is 10.0 Å². The van der Waals surface area contributed by atoms with E-state index in [1.807, 2.05) is 0 Å². The predicted molar refractivity (Wildman–Crippen MR) is 104 cm³/mol. The second kappa shape index (κ2) is 8.69. The van der Waals surface area contributed by atoms with Gasteiger partial charge in [0.25, 0.3) is 0 Å². The number of halogens is 1. The van der Waals surface area contributed by atoms with Crippen molar-refractivity contribution in [2.75, 3.05) is 33.7 Å². The molecule has 1 aromatic carbocycles. The van der Waals surface area contributed by atoms with Gasteiger partial charge in [-0.15, -0.1) is 0 Å². The largest absolute Gasteiger partial charge is 0.342 e. The van der Waals surface area contributed by atoms with E-state index in [-0.39, 0.29) is 23.4 Å². The predicted octanol–water partition coefficient (Wildman–Crippen LogP) is 2.29. The highest BCUT2D eigenvalue weighted by atomic mass is 35.5. The maximum absolute atomic E-state index is 12.6. The molecule has 1 fully saturated rings. The van der Waals surface area contributed by atoms with Gasteiger partial charge in [-0.25, -0.2) is 8.42 Å². The molecule has 0 unspecified atom stereocenters. The molecule has 26 heavy (non-hydrogen) atoms. The Labute approximate surface area is 161 Å². The van der Waals surface area contributed by atoms with Crippen LogP contribution in [0.1, 0.15) is 26.7 Å². The van der Waals surface area contributed by atoms with Gasteiger partial charge in [-0.2, -0.15) is 4.31 Å². The molecule has 0 spiro atoms. The average molecular weight is 402 g/mol. The fraction of sp³-hybridized carbons (Fsp3) is 0.611. The molecule has 0 aromatic heterocycles. The lowest BCUT2D eigenvalue weighted by atomic mass is 10.0. The molecule has 0 atom stereocenters. The standard InChI is InChI=1S/C18H28ClN3O3S/c1-14(2)22-11-9-16(10-12-22)21(4)18(23)13-20(3)26(24,25)17-7-5-15(19)6-8-17/h5-8,14,16H,9-13H2,1-4H3. The minimum atomic E-state index is -3.72. The zero-order chi connectivity index (χ0) is 19.5. The van der Waals surface area contributed by atoms with Gasteiger partial charge < -0.3 is 9.80 Å². The fourth-order valence-corrected chi connectivity index (χ4v) is 4.41. The van der Waals surface area contributed by atoms with Crippen LogP contribution in [0.15, 0.2) is 29.2 Å². The maximum Gasteiger partial charge on any atom is 0.243 e. The summed E-state index contributed by atoms with van der Waals surface area (Å²) in [7, 11) is -0.524. The topological polar surface area (TPSA) is 60.9 Å². The van der Waals surface area contributed by atoms with Gasteiger partial charge in [0.1, 0.15) is 0 Å². The van der Waals surface area contributed by atoms with E-state index in [0.29, 0.717) is 11.1 Å². The van der Waals surface area contributed by atoms with Crippen molar-refractivity contribution in [1.82, 2.24) is 14.1 Å². The number of carbonyl (C=O) groups is 1. The molecule has 1 saturated heterocycles. The SMILES string of the molecule is CC(C)N1CCC(N(C)C(=O)CN(C)S(=O)(=O)c2ccc(Cl)cc2)CC1. The van der Waals surface area contributed by atoms with Crippen LogP contribution >= 0.6 is 11.6 Å². The van der Waals surface area contributed by atoms with Crippen molar-refractivity contribution in [3.05, 3.63) is 29.3 Å². The summed E-state index contributed by atoms with van der Waals surface area (Å²) in [4.78, 5) is 16.8. The average Bonchev–Trinajstić information content (AvgIpc) is 2.61. The second-order valence-electron chi connectivity index (χ2n) is 7.08. The number of benzene rings is 1. The van der Waals surface area contributed by atoms with Gasteiger partial charge in [0, 0.05) is 44.3 Å². The van der Waals surface area contributed by atoms with Crippen LogP contribution in [0.4, 0.5) is 0 Å². The van der Waals surface area contributed by atoms with Gasteiger partial charge in [0.15, 0.2) is 0 Å². The number of carbonyl (C=O) groups excluding carboxylic acids is 1. The lowest BCUT2D eigenvalue weighted by Gasteiger charge is -2.38. The van der Waals surface area contributed by atoms with Crippen molar-refractivity contribution < 1.29 is 13.2 Å². The quantitative estimate of drug-likeness (QED) is 0.733. The van der Waals surface area contributed by atoms with E-state index in [0.717, 1.165) is 30.2 Å². The number of nitrogens with zero attached hydrogens (tertiary/aromatic N) is 3. The molecular weight excluding hydrogens is 374 g/mol. The van der Waals surface area contributed by atoms with E-state index in [4.69, 9.17) is 11.6 Å². The number of amides is 1. The minimum Gasteiger partial charge on any atom is -0.342 e. The lowest BCUT2D eigenvalue weighted by molar-refractivity contribution is -0.132. The van der Waals surface area contributed by atoms with Crippen LogP contribution in [-0.4, -0.2) is 74.2 Å². The van der Waals surface area contributed by atoms with E-state index in [9.17, 15) is 13.2 Å². The van der Waals surface area contributed by atoms with E-state index in [2.05, 4.69) is 18.7 Å². The molecule has 0 saturated carbocycles. The van der Waals surface area contributed by atoms with Crippen molar-refractivity contribution in [2.24, 2.45) is 0 Å². The first kappa shape index (κ1) is 21.2. The van der Waals surface area contributed by atoms with Gasteiger partial charge >= 0.3 is 0 Å². The highest BCUT2D eigenvalue weighted by Gasteiger charge is 2.29. The van der Waals surface area contributed by atoms with Crippen LogP contribution in [0.2, 0.25) is 5.02 Å². The molecule has 1 heterocycles. The Morgan fingerprint density at radius 1 is 1.19 bits per heavy atom. The summed E-state index contributed by atoms with van der Waals surface area (Å²) in [6.45, 7) is 6.08. The molecule has 1 aliphatic heterocycles. The molecule has 6 nitrogen and oxygen atoms in total. The minimum absolute atomic E-state index is 0.130. The first-order valence-electron chi connectivity index (χ1n) is 8.84. The highest BCUT2D eigenvalue weighted by Crippen LogP contribution is 2.20. The summed E-state index contributed by atoms with van der Waals surface area (Å²) in [6.07, 6.45) is 1.82. The third-order valence-corrected chi connectivity index (χ3v) is 7.12. The van der Waals surface area contributed by atoms with Crippen LogP contribution in [-0.2, 0) is 14.8 Å². The van der Waals surface area contributed by atoms with Crippen molar-refractivity contribution in [3.8, 4) is 0 Å². The summed E-state index contributed by atoms with van der Waals surface area (Å²) in [5, 5.41) is 0.468. The van der Waals surface area contributed by atoms with E-state index in [1.54, 1.807) is 11.9 Å². The Bertz CT molecular complexity index is 714. The Morgan fingerprint density at radius 2 is 1.73 bits per heavy atom. The molecule has 0 N–H and O–H groups in total. The van der Waals surface area contributed by atoms with Gasteiger partial charge in [0.05, 0.1) is 11.4 Å². The zero-order valence-corrected chi connectivity index (χ0v) is 17.4. The fourth-order valence-electron chi connectivity index (χ4n) is 3.17. The molecule has 146 valence electrons. The third-order valence-electron chi connectivity index (χ3n) is 5.05. The van der Waals surface area contributed by atoms with Crippen molar-refractivity contribution in [2.45, 2.75) is 43.7 Å². The Kier molecular flexibility index (Phi) is 7.07. The summed E-state index contributed by atoms with van der Waals surface area (Å²) in [6, 6.07) is 6.61. The van der Waals surface area contributed by atoms with Gasteiger partial charge in [-0.05, 0) is 51.0 Å². The molecule has 1 aliphatic rings. The molecule has 1 amide bonds. The monoisotopic (exact) mass is 401 g/mol. The van der Waals surface area contributed by atoms with Crippen molar-refractivity contribution in [1.29, 1.82) is 0 Å². The smallest absolute Gasteiger partial charge is 0.243 e. The summed E-state index contributed by atoms with van der Waals surface area (Å²) >= 11 is 5.81. The molecule has 0 bridgehead atoms. The number of hydrogen-bond acceptors (Lipinski definition) is 4. The van der Waals surface area contributed by atoms with Crippen LogP contribution in [0.3, 0.4) is 0 Å². The maximum atomic E-state index is 12.6. The molecule has 1 aromatic rings. The van der Waals surface area contributed by atoms with Crippen LogP contribution < -0.4 is 0 Å². The summed E-state index contributed by atoms with van der Waals surface area (Å²) < 4.78 is 26.3. The van der Waals surface area contributed by atoms with Gasteiger partial charge in [0.2, 0.25) is 15.9 Å². The number of likely N-dealkylation sites (tertiary alicyclic amines) is 1. The first-order valence-corrected chi connectivity index (χ1v) is 10.7. The van der Waals surface area contributed by atoms with Gasteiger partial charge in [-0.1, -0.05) is 11.6 Å². The number of rotatable bonds is 6. The van der Waals surface area contributed by atoms with E-state index >= 15 is 0 Å². The first-order chi connectivity index (χ1) is 12.1. The molecule has 0 aliphatic carbocycles. The summed E-state index contributed by atoms with van der Waals surface area (Å²) in [5.41, 5.74) is 0. The van der Waals surface area contributed by atoms with Gasteiger partial charge in [-0.3, -0.25) is 4.79 Å². The van der Waals surface area contributed by atoms with Crippen molar-refractivity contribution in [3.63, 3.8) is 0 Å².